The smallest absolute Gasteiger partial charge is 0.191 e. The van der Waals surface area contributed by atoms with Crippen LogP contribution in [-0.4, -0.2) is 57.8 Å². The fourth-order valence-corrected chi connectivity index (χ4v) is 4.25. The van der Waals surface area contributed by atoms with Crippen LogP contribution >= 0.6 is 23.4 Å². The maximum absolute atomic E-state index is 11.7. The number of ether oxygens (including phenoxy) is 2. The monoisotopic (exact) mass is 489 g/mol. The Balaban J connectivity index is 1.61. The predicted molar refractivity (Wildman–Crippen MR) is 130 cm³/mol. The Kier molecular flexibility index (Phi) is 9.75. The van der Waals surface area contributed by atoms with Crippen LogP contribution in [0.5, 0.6) is 5.75 Å². The summed E-state index contributed by atoms with van der Waals surface area (Å²) in [5.41, 5.74) is 1.47. The van der Waals surface area contributed by atoms with E-state index in [1.165, 1.54) is 11.8 Å². The van der Waals surface area contributed by atoms with E-state index in [0.29, 0.717) is 52.6 Å². The van der Waals surface area contributed by atoms with Gasteiger partial charge in [0.2, 0.25) is 0 Å². The quantitative estimate of drug-likeness (QED) is 0.210. The van der Waals surface area contributed by atoms with Crippen LogP contribution in [0.25, 0.3) is 11.4 Å². The first kappa shape index (κ1) is 25.2. The second-order valence-electron chi connectivity index (χ2n) is 7.36. The third-order valence-electron chi connectivity index (χ3n) is 4.91. The molecule has 0 amide bonds. The Bertz CT molecular complexity index is 1040. The summed E-state index contributed by atoms with van der Waals surface area (Å²) in [7, 11) is 1.67. The van der Waals surface area contributed by atoms with Gasteiger partial charge in [-0.2, -0.15) is 0 Å². The molecule has 0 fully saturated rings. The minimum atomic E-state index is -0.708. The van der Waals surface area contributed by atoms with Crippen molar-refractivity contribution in [1.29, 1.82) is 0 Å². The summed E-state index contributed by atoms with van der Waals surface area (Å²) in [5.74, 6) is 1.77. The normalized spacial score (nSPS) is 12.0. The second kappa shape index (κ2) is 12.7. The van der Waals surface area contributed by atoms with Crippen molar-refractivity contribution in [2.75, 3.05) is 26.1 Å². The van der Waals surface area contributed by atoms with Crippen molar-refractivity contribution in [2.24, 2.45) is 0 Å². The van der Waals surface area contributed by atoms with E-state index in [2.05, 4.69) is 10.2 Å². The molecule has 9 heteroatoms. The highest BCUT2D eigenvalue weighted by Crippen LogP contribution is 2.29. The molecular weight excluding hydrogens is 462 g/mol. The van der Waals surface area contributed by atoms with Crippen molar-refractivity contribution in [3.63, 3.8) is 0 Å². The molecule has 7 nitrogen and oxygen atoms in total. The zero-order valence-corrected chi connectivity index (χ0v) is 20.3. The number of benzene rings is 2. The summed E-state index contributed by atoms with van der Waals surface area (Å²) in [6, 6.07) is 14.5. The number of aliphatic hydroxyl groups excluding tert-OH is 1. The van der Waals surface area contributed by atoms with Crippen LogP contribution < -0.4 is 4.74 Å². The number of nitrogens with zero attached hydrogens (tertiary/aromatic N) is 3. The molecule has 33 heavy (non-hydrogen) atoms. The van der Waals surface area contributed by atoms with Gasteiger partial charge in [-0.3, -0.25) is 4.79 Å². The van der Waals surface area contributed by atoms with Crippen LogP contribution in [-0.2, 0) is 11.3 Å². The SMILES string of the molecule is CCC(=O)c1ccc(OCC(O)CSc2nnc(-c3ccccc3Cl)n2CCCOC)cc1. The van der Waals surface area contributed by atoms with Crippen molar-refractivity contribution >= 4 is 29.1 Å². The summed E-state index contributed by atoms with van der Waals surface area (Å²) in [6.07, 6.45) is 0.548. The van der Waals surface area contributed by atoms with E-state index in [1.54, 1.807) is 31.4 Å². The van der Waals surface area contributed by atoms with Crippen LogP contribution in [0.2, 0.25) is 5.02 Å². The van der Waals surface area contributed by atoms with Crippen LogP contribution in [0.4, 0.5) is 0 Å². The van der Waals surface area contributed by atoms with Crippen molar-refractivity contribution in [3.8, 4) is 17.1 Å². The highest BCUT2D eigenvalue weighted by molar-refractivity contribution is 7.99. The lowest BCUT2D eigenvalue weighted by atomic mass is 10.1. The van der Waals surface area contributed by atoms with Gasteiger partial charge in [-0.1, -0.05) is 42.4 Å². The number of hydrogen-bond donors (Lipinski definition) is 1. The minimum absolute atomic E-state index is 0.0868. The lowest BCUT2D eigenvalue weighted by Gasteiger charge is -2.14. The van der Waals surface area contributed by atoms with Gasteiger partial charge in [0.25, 0.3) is 0 Å². The molecule has 0 aliphatic heterocycles. The average Bonchev–Trinajstić information content (AvgIpc) is 3.24. The Labute approximate surface area is 203 Å². The van der Waals surface area contributed by atoms with Crippen molar-refractivity contribution in [2.45, 2.75) is 37.6 Å². The number of carbonyl (C=O) groups excluding carboxylic acids is 1. The third kappa shape index (κ3) is 7.04. The summed E-state index contributed by atoms with van der Waals surface area (Å²) >= 11 is 7.79. The number of aliphatic hydroxyl groups is 1. The lowest BCUT2D eigenvalue weighted by molar-refractivity contribution is 0.0987. The van der Waals surface area contributed by atoms with E-state index >= 15 is 0 Å². The minimum Gasteiger partial charge on any atom is -0.491 e. The van der Waals surface area contributed by atoms with Crippen LogP contribution in [0.15, 0.2) is 53.7 Å². The van der Waals surface area contributed by atoms with Gasteiger partial charge in [0, 0.05) is 43.6 Å². The highest BCUT2D eigenvalue weighted by Gasteiger charge is 2.18. The molecule has 1 atom stereocenters. The fourth-order valence-electron chi connectivity index (χ4n) is 3.16. The number of thioether (sulfide) groups is 1. The molecule has 2 aromatic carbocycles. The van der Waals surface area contributed by atoms with Crippen LogP contribution in [0.3, 0.4) is 0 Å². The molecule has 176 valence electrons. The molecule has 1 N–H and O–H groups in total. The Morgan fingerprint density at radius 3 is 2.64 bits per heavy atom. The van der Waals surface area contributed by atoms with Gasteiger partial charge in [-0.05, 0) is 42.8 Å². The number of aromatic nitrogens is 3. The standard InChI is InChI=1S/C24H28ClN3O4S/c1-3-22(30)17-9-11-19(12-10-17)32-15-18(29)16-33-24-27-26-23(28(24)13-6-14-31-2)20-7-4-5-8-21(20)25/h4-5,7-12,18,29H,3,6,13-16H2,1-2H3. The Morgan fingerprint density at radius 2 is 1.94 bits per heavy atom. The first-order chi connectivity index (χ1) is 16.0. The Hall–Kier alpha value is -2.39. The van der Waals surface area contributed by atoms with Gasteiger partial charge in [-0.25, -0.2) is 0 Å². The molecule has 0 aliphatic rings. The third-order valence-corrected chi connectivity index (χ3v) is 6.35. The zero-order valence-electron chi connectivity index (χ0n) is 18.7. The molecule has 0 spiro atoms. The van der Waals surface area contributed by atoms with E-state index in [0.717, 1.165) is 12.0 Å². The molecule has 3 rings (SSSR count). The largest absolute Gasteiger partial charge is 0.491 e. The maximum atomic E-state index is 11.7. The summed E-state index contributed by atoms with van der Waals surface area (Å²) in [4.78, 5) is 11.7. The molecule has 0 saturated heterocycles. The van der Waals surface area contributed by atoms with Gasteiger partial charge < -0.3 is 19.1 Å². The molecule has 0 bridgehead atoms. The Morgan fingerprint density at radius 1 is 1.18 bits per heavy atom. The van der Waals surface area contributed by atoms with E-state index in [4.69, 9.17) is 21.1 Å². The molecular formula is C24H28ClN3O4S. The van der Waals surface area contributed by atoms with E-state index < -0.39 is 6.10 Å². The van der Waals surface area contributed by atoms with E-state index in [1.807, 2.05) is 35.8 Å². The second-order valence-corrected chi connectivity index (χ2v) is 8.76. The van der Waals surface area contributed by atoms with E-state index in [9.17, 15) is 9.90 Å². The van der Waals surface area contributed by atoms with Gasteiger partial charge in [-0.15, -0.1) is 10.2 Å². The van der Waals surface area contributed by atoms with Crippen molar-refractivity contribution in [3.05, 3.63) is 59.1 Å². The molecule has 1 heterocycles. The molecule has 0 radical (unpaired) electrons. The number of carbonyl (C=O) groups is 1. The summed E-state index contributed by atoms with van der Waals surface area (Å²) in [6.45, 7) is 3.24. The first-order valence-corrected chi connectivity index (χ1v) is 12.1. The number of Topliss-reactive ketones (excluding diaryl/α,β-unsaturated/α-hetero) is 1. The van der Waals surface area contributed by atoms with Gasteiger partial charge in [0.05, 0.1) is 11.1 Å². The number of hydrogen-bond acceptors (Lipinski definition) is 7. The molecule has 1 aromatic heterocycles. The maximum Gasteiger partial charge on any atom is 0.191 e. The molecule has 0 aliphatic carbocycles. The number of rotatable bonds is 13. The summed E-state index contributed by atoms with van der Waals surface area (Å²) in [5, 5.41) is 20.4. The van der Waals surface area contributed by atoms with Crippen LogP contribution in [0.1, 0.15) is 30.1 Å². The average molecular weight is 490 g/mol. The number of ketones is 1. The van der Waals surface area contributed by atoms with Crippen molar-refractivity contribution < 1.29 is 19.4 Å². The lowest BCUT2D eigenvalue weighted by Crippen LogP contribution is -2.20. The molecule has 3 aromatic rings. The van der Waals surface area contributed by atoms with Crippen LogP contribution in [0, 0.1) is 0 Å². The predicted octanol–water partition coefficient (Wildman–Crippen LogP) is 4.76. The van der Waals surface area contributed by atoms with Gasteiger partial charge in [0.15, 0.2) is 16.8 Å². The first-order valence-electron chi connectivity index (χ1n) is 10.8. The summed E-state index contributed by atoms with van der Waals surface area (Å²) < 4.78 is 12.9. The van der Waals surface area contributed by atoms with Gasteiger partial charge >= 0.3 is 0 Å². The molecule has 1 unspecified atom stereocenters. The van der Waals surface area contributed by atoms with E-state index in [-0.39, 0.29) is 12.4 Å². The number of halogens is 1. The van der Waals surface area contributed by atoms with Gasteiger partial charge in [0.1, 0.15) is 12.4 Å². The topological polar surface area (TPSA) is 86.5 Å². The number of methoxy groups -OCH3 is 1. The highest BCUT2D eigenvalue weighted by atomic mass is 35.5. The molecule has 0 saturated carbocycles. The zero-order chi connectivity index (χ0) is 23.6. The van der Waals surface area contributed by atoms with Crippen molar-refractivity contribution in [1.82, 2.24) is 14.8 Å². The fraction of sp³-hybridized carbons (Fsp3) is 0.375.